The highest BCUT2D eigenvalue weighted by atomic mass is 79.9. The van der Waals surface area contributed by atoms with Gasteiger partial charge < -0.3 is 4.74 Å². The van der Waals surface area contributed by atoms with Gasteiger partial charge in [0.15, 0.2) is 0 Å². The minimum atomic E-state index is -0.282. The van der Waals surface area contributed by atoms with Crippen LogP contribution in [-0.2, 0) is 17.6 Å². The number of ether oxygens (including phenoxy) is 1. The Labute approximate surface area is 212 Å². The van der Waals surface area contributed by atoms with Crippen LogP contribution in [0, 0.1) is 0 Å². The lowest BCUT2D eigenvalue weighted by Gasteiger charge is -2.26. The Morgan fingerprint density at radius 3 is 1.77 bits per heavy atom. The van der Waals surface area contributed by atoms with E-state index in [1.54, 1.807) is 12.1 Å². The Morgan fingerprint density at radius 1 is 0.743 bits per heavy atom. The number of imide groups is 2. The van der Waals surface area contributed by atoms with E-state index in [4.69, 9.17) is 4.74 Å². The van der Waals surface area contributed by atoms with Crippen LogP contribution >= 0.6 is 15.9 Å². The Bertz CT molecular complexity index is 1140. The van der Waals surface area contributed by atoms with Crippen molar-refractivity contribution in [2.24, 2.45) is 0 Å². The fourth-order valence-electron chi connectivity index (χ4n) is 4.57. The zero-order valence-corrected chi connectivity index (χ0v) is 21.0. The number of aryl methyl sites for hydroxylation is 2. The fourth-order valence-corrected chi connectivity index (χ4v) is 4.85. The number of nitrogens with one attached hydrogen (secondary N) is 2. The van der Waals surface area contributed by atoms with E-state index >= 15 is 0 Å². The summed E-state index contributed by atoms with van der Waals surface area (Å²) in [5.41, 5.74) is 4.07. The maximum absolute atomic E-state index is 11.8. The number of amides is 4. The van der Waals surface area contributed by atoms with Crippen molar-refractivity contribution in [3.63, 3.8) is 0 Å². The van der Waals surface area contributed by atoms with Crippen LogP contribution in [0.25, 0.3) is 0 Å². The van der Waals surface area contributed by atoms with E-state index in [2.05, 4.69) is 31.5 Å². The Hall–Kier alpha value is -2.88. The number of carbonyl (C=O) groups is 4. The highest BCUT2D eigenvalue weighted by Crippen LogP contribution is 2.22. The van der Waals surface area contributed by atoms with Gasteiger partial charge in [0.05, 0.1) is 35.5 Å². The lowest BCUT2D eigenvalue weighted by molar-refractivity contribution is 0.0374. The van der Waals surface area contributed by atoms with E-state index in [-0.39, 0.29) is 23.6 Å². The van der Waals surface area contributed by atoms with Crippen molar-refractivity contribution < 1.29 is 23.9 Å². The van der Waals surface area contributed by atoms with Crippen molar-refractivity contribution in [3.05, 3.63) is 69.8 Å². The number of hydrogen-bond donors (Lipinski definition) is 2. The van der Waals surface area contributed by atoms with Crippen molar-refractivity contribution in [3.8, 4) is 0 Å². The van der Waals surface area contributed by atoms with E-state index < -0.39 is 0 Å². The number of alkyl halides is 1. The van der Waals surface area contributed by atoms with Gasteiger partial charge >= 0.3 is 0 Å². The van der Waals surface area contributed by atoms with Crippen LogP contribution < -0.4 is 10.6 Å². The van der Waals surface area contributed by atoms with E-state index in [1.165, 1.54) is 0 Å². The summed E-state index contributed by atoms with van der Waals surface area (Å²) >= 11 is 3.35. The molecule has 0 radical (unpaired) electrons. The van der Waals surface area contributed by atoms with Gasteiger partial charge in [-0.2, -0.15) is 0 Å². The Balaban J connectivity index is 0.000000172. The molecule has 2 N–H and O–H groups in total. The third-order valence-corrected chi connectivity index (χ3v) is 6.86. The summed E-state index contributed by atoms with van der Waals surface area (Å²) in [5.74, 6) is -1.08. The van der Waals surface area contributed by atoms with E-state index in [9.17, 15) is 19.2 Å². The predicted octanol–water partition coefficient (Wildman–Crippen LogP) is 2.73. The van der Waals surface area contributed by atoms with Crippen molar-refractivity contribution >= 4 is 39.6 Å². The lowest BCUT2D eigenvalue weighted by Crippen LogP contribution is -2.37. The van der Waals surface area contributed by atoms with Crippen molar-refractivity contribution in [1.82, 2.24) is 15.5 Å². The summed E-state index contributed by atoms with van der Waals surface area (Å²) in [6.07, 6.45) is 3.58. The molecule has 0 aromatic heterocycles. The number of nitrogens with zero attached hydrogens (tertiary/aromatic N) is 1. The Morgan fingerprint density at radius 2 is 1.26 bits per heavy atom. The number of fused-ring (bicyclic) bond motifs is 2. The molecule has 3 aliphatic rings. The molecule has 3 heterocycles. The molecule has 0 atom stereocenters. The molecule has 8 nitrogen and oxygen atoms in total. The molecule has 2 aromatic rings. The van der Waals surface area contributed by atoms with Gasteiger partial charge in [-0.05, 0) is 55.5 Å². The zero-order valence-electron chi connectivity index (χ0n) is 19.4. The van der Waals surface area contributed by atoms with Crippen LogP contribution in [0.1, 0.15) is 65.4 Å². The van der Waals surface area contributed by atoms with Gasteiger partial charge in [0.1, 0.15) is 0 Å². The Kier molecular flexibility index (Phi) is 8.43. The second-order valence-electron chi connectivity index (χ2n) is 8.60. The molecule has 1 saturated heterocycles. The molecule has 4 amide bonds. The summed E-state index contributed by atoms with van der Waals surface area (Å²) in [7, 11) is 0. The molecule has 2 aromatic carbocycles. The first-order valence-electron chi connectivity index (χ1n) is 11.8. The van der Waals surface area contributed by atoms with Crippen LogP contribution in [-0.4, -0.2) is 66.7 Å². The average molecular weight is 542 g/mol. The number of hydrogen-bond acceptors (Lipinski definition) is 6. The first-order chi connectivity index (χ1) is 17.0. The maximum Gasteiger partial charge on any atom is 0.259 e. The normalized spacial score (nSPS) is 16.8. The van der Waals surface area contributed by atoms with Gasteiger partial charge in [0.2, 0.25) is 0 Å². The molecule has 35 heavy (non-hydrogen) atoms. The number of morpholine rings is 1. The van der Waals surface area contributed by atoms with E-state index in [0.29, 0.717) is 22.3 Å². The average Bonchev–Trinajstić information content (AvgIpc) is 3.33. The minimum absolute atomic E-state index is 0.257. The first-order valence-corrected chi connectivity index (χ1v) is 12.9. The SMILES string of the molecule is O=C1NC(=O)c2c(CCCBr)cccc21.O=C1NC(=O)c2c(CCCN3CCOCC3)cccc21. The van der Waals surface area contributed by atoms with E-state index in [1.807, 2.05) is 24.3 Å². The topological polar surface area (TPSA) is 105 Å². The first kappa shape index (κ1) is 25.2. The van der Waals surface area contributed by atoms with E-state index in [0.717, 1.165) is 75.0 Å². The van der Waals surface area contributed by atoms with Gasteiger partial charge in [-0.1, -0.05) is 40.2 Å². The molecule has 0 aliphatic carbocycles. The van der Waals surface area contributed by atoms with Crippen molar-refractivity contribution in [2.75, 3.05) is 38.2 Å². The molecule has 9 heteroatoms. The molecule has 3 aliphatic heterocycles. The molecular formula is C26H28BrN3O5. The number of rotatable bonds is 7. The maximum atomic E-state index is 11.8. The summed E-state index contributed by atoms with van der Waals surface area (Å²) in [6.45, 7) is 4.57. The largest absolute Gasteiger partial charge is 0.379 e. The highest BCUT2D eigenvalue weighted by Gasteiger charge is 2.29. The molecule has 184 valence electrons. The second-order valence-corrected chi connectivity index (χ2v) is 9.39. The van der Waals surface area contributed by atoms with Gasteiger partial charge in [-0.25, -0.2) is 0 Å². The van der Waals surface area contributed by atoms with Crippen molar-refractivity contribution in [1.29, 1.82) is 0 Å². The molecule has 0 unspecified atom stereocenters. The van der Waals surface area contributed by atoms with Crippen LogP contribution in [0.5, 0.6) is 0 Å². The van der Waals surface area contributed by atoms with Gasteiger partial charge in [0.25, 0.3) is 23.6 Å². The number of benzene rings is 2. The fraction of sp³-hybridized carbons (Fsp3) is 0.385. The molecule has 0 bridgehead atoms. The highest BCUT2D eigenvalue weighted by molar-refractivity contribution is 9.09. The quantitative estimate of drug-likeness (QED) is 0.412. The van der Waals surface area contributed by atoms with Crippen LogP contribution in [0.15, 0.2) is 36.4 Å². The van der Waals surface area contributed by atoms with Gasteiger partial charge in [-0.15, -0.1) is 0 Å². The van der Waals surface area contributed by atoms with Crippen LogP contribution in [0.3, 0.4) is 0 Å². The summed E-state index contributed by atoms with van der Waals surface area (Å²) in [4.78, 5) is 48.6. The molecule has 1 fully saturated rings. The molecule has 5 rings (SSSR count). The summed E-state index contributed by atoms with van der Waals surface area (Å²) in [5, 5.41) is 5.56. The predicted molar refractivity (Wildman–Crippen MR) is 134 cm³/mol. The minimum Gasteiger partial charge on any atom is -0.379 e. The van der Waals surface area contributed by atoms with Gasteiger partial charge in [-0.3, -0.25) is 34.7 Å². The number of halogens is 1. The molecular weight excluding hydrogens is 514 g/mol. The molecule has 0 spiro atoms. The molecule has 0 saturated carbocycles. The third-order valence-electron chi connectivity index (χ3n) is 6.30. The number of carbonyl (C=O) groups excluding carboxylic acids is 4. The standard InChI is InChI=1S/C15H18N2O3.C11H10BrNO2/c18-14-12-5-1-3-11(13(12)15(19)16-14)4-2-6-17-7-9-20-10-8-17;12-6-2-4-7-3-1-5-8-9(7)11(15)13-10(8)14/h1,3,5H,2,4,6-10H2,(H,16,18,19);1,3,5H,2,4,6H2,(H,13,14,15). The van der Waals surface area contributed by atoms with Crippen LogP contribution in [0.2, 0.25) is 0 Å². The zero-order chi connectivity index (χ0) is 24.8. The summed E-state index contributed by atoms with van der Waals surface area (Å²) < 4.78 is 5.32. The lowest BCUT2D eigenvalue weighted by atomic mass is 9.99. The third kappa shape index (κ3) is 5.86. The second kappa shape index (κ2) is 11.7. The smallest absolute Gasteiger partial charge is 0.259 e. The van der Waals surface area contributed by atoms with Crippen LogP contribution in [0.4, 0.5) is 0 Å². The van der Waals surface area contributed by atoms with Crippen molar-refractivity contribution in [2.45, 2.75) is 25.7 Å². The van der Waals surface area contributed by atoms with Gasteiger partial charge in [0, 0.05) is 18.4 Å². The summed E-state index contributed by atoms with van der Waals surface area (Å²) in [6, 6.07) is 10.9. The monoisotopic (exact) mass is 541 g/mol.